The second kappa shape index (κ2) is 4.32. The predicted molar refractivity (Wildman–Crippen MR) is 33.0 cm³/mol. The van der Waals surface area contributed by atoms with Gasteiger partial charge in [0.15, 0.2) is 0 Å². The number of hydrogen-bond donors (Lipinski definition) is 0. The largest absolute Gasteiger partial charge is 0.466 e. The second-order valence-corrected chi connectivity index (χ2v) is 2.03. The maximum absolute atomic E-state index is 10.5. The third-order valence-electron chi connectivity index (χ3n) is 1.29. The first kappa shape index (κ1) is 6.55. The highest BCUT2D eigenvalue weighted by molar-refractivity contribution is 5.69. The number of carbonyl (C=O) groups is 1. The average Bonchev–Trinajstić information content (AvgIpc) is 2.21. The molecule has 2 N–H and O–H groups in total. The van der Waals surface area contributed by atoms with Gasteiger partial charge in [-0.05, 0) is 19.3 Å². The first-order chi connectivity index (χ1) is 4.89. The summed E-state index contributed by atoms with van der Waals surface area (Å²) in [6, 6.07) is 0. The van der Waals surface area contributed by atoms with Crippen molar-refractivity contribution in [2.24, 2.45) is 0 Å². The molecule has 0 unspecified atom stereocenters. The minimum atomic E-state index is -0.0255. The molecular weight excluding hydrogens is 120 g/mol. The molecule has 1 saturated heterocycles. The number of rotatable bonds is 0. The molecule has 0 aromatic heterocycles. The van der Waals surface area contributed by atoms with Crippen molar-refractivity contribution in [3.63, 3.8) is 0 Å². The van der Waals surface area contributed by atoms with E-state index in [9.17, 15) is 4.79 Å². The molecule has 9 heavy (non-hydrogen) atoms. The number of hydrogen-bond acceptors (Lipinski definition) is 2. The minimum Gasteiger partial charge on any atom is -0.466 e. The highest BCUT2D eigenvalue weighted by Crippen LogP contribution is 2.06. The van der Waals surface area contributed by atoms with E-state index in [0.29, 0.717) is 13.0 Å². The summed E-state index contributed by atoms with van der Waals surface area (Å²) < 4.78 is 9.51. The molecule has 0 amide bonds. The van der Waals surface area contributed by atoms with E-state index in [1.54, 1.807) is 0 Å². The highest BCUT2D eigenvalue weighted by atomic mass is 16.5. The van der Waals surface area contributed by atoms with E-state index in [1.807, 2.05) is 0 Å². The van der Waals surface area contributed by atoms with Crippen LogP contribution < -0.4 is 0 Å². The van der Waals surface area contributed by atoms with E-state index >= 15 is 0 Å². The van der Waals surface area contributed by atoms with Crippen LogP contribution in [0.5, 0.6) is 0 Å². The van der Waals surface area contributed by atoms with Crippen molar-refractivity contribution < 1.29 is 16.4 Å². The third-order valence-corrected chi connectivity index (χ3v) is 1.29. The van der Waals surface area contributed by atoms with E-state index in [0.717, 1.165) is 19.3 Å². The van der Waals surface area contributed by atoms with Crippen LogP contribution in [0.3, 0.4) is 0 Å². The number of ether oxygens (including phenoxy) is 1. The fourth-order valence-corrected chi connectivity index (χ4v) is 0.806. The van der Waals surface area contributed by atoms with Gasteiger partial charge in [-0.1, -0.05) is 0 Å². The van der Waals surface area contributed by atoms with Gasteiger partial charge in [-0.2, -0.15) is 0 Å². The smallest absolute Gasteiger partial charge is 0.305 e. The minimum absolute atomic E-state index is 0.0255. The quantitative estimate of drug-likeness (QED) is 0.445. The van der Waals surface area contributed by atoms with E-state index < -0.39 is 0 Å². The summed E-state index contributed by atoms with van der Waals surface area (Å²) in [7, 11) is 0. The fourth-order valence-electron chi connectivity index (χ4n) is 0.806. The van der Waals surface area contributed by atoms with Gasteiger partial charge in [-0.25, -0.2) is 0 Å². The lowest BCUT2D eigenvalue weighted by Gasteiger charge is -1.93. The van der Waals surface area contributed by atoms with Crippen LogP contribution in [-0.4, -0.2) is 18.1 Å². The molecule has 3 heteroatoms. The SMILES string of the molecule is O=C1CCCCCO1.[2H]O. The molecule has 0 aliphatic carbocycles. The van der Waals surface area contributed by atoms with Gasteiger partial charge < -0.3 is 10.2 Å². The molecule has 3 nitrogen and oxygen atoms in total. The molecular formula is C6H12O3. The van der Waals surface area contributed by atoms with Gasteiger partial charge in [0.2, 0.25) is 1.43 Å². The maximum Gasteiger partial charge on any atom is 0.305 e. The molecule has 0 saturated carbocycles. The molecule has 0 atom stereocenters. The van der Waals surface area contributed by atoms with Crippen molar-refractivity contribution in [1.82, 2.24) is 0 Å². The summed E-state index contributed by atoms with van der Waals surface area (Å²) in [6.45, 7) is 0.638. The lowest BCUT2D eigenvalue weighted by molar-refractivity contribution is -0.142. The molecule has 0 spiro atoms. The number of esters is 1. The highest BCUT2D eigenvalue weighted by Gasteiger charge is 2.05. The summed E-state index contributed by atoms with van der Waals surface area (Å²) >= 11 is 0. The van der Waals surface area contributed by atoms with E-state index in [1.165, 1.54) is 0 Å². The lowest BCUT2D eigenvalue weighted by atomic mass is 10.2. The molecule has 0 radical (unpaired) electrons. The second-order valence-electron chi connectivity index (χ2n) is 2.03. The zero-order valence-corrected chi connectivity index (χ0v) is 5.30. The summed E-state index contributed by atoms with van der Waals surface area (Å²) in [4.78, 5) is 10.5. The van der Waals surface area contributed by atoms with E-state index in [2.05, 4.69) is 0 Å². The van der Waals surface area contributed by atoms with Crippen molar-refractivity contribution in [2.45, 2.75) is 25.7 Å². The van der Waals surface area contributed by atoms with Crippen LogP contribution in [0.25, 0.3) is 0 Å². The molecule has 0 aromatic carbocycles. The molecule has 54 valence electrons. The molecule has 0 bridgehead atoms. The number of carbonyl (C=O) groups excluding carboxylic acids is 1. The Balaban J connectivity index is 0.000000371. The molecule has 1 heterocycles. The van der Waals surface area contributed by atoms with Gasteiger partial charge in [0.1, 0.15) is 0 Å². The van der Waals surface area contributed by atoms with Crippen LogP contribution in [0, 0.1) is 0 Å². The predicted octanol–water partition coefficient (Wildman–Crippen LogP) is 0.279. The van der Waals surface area contributed by atoms with Gasteiger partial charge in [-0.3, -0.25) is 4.79 Å². The Bertz CT molecular complexity index is 85.0. The van der Waals surface area contributed by atoms with Crippen LogP contribution in [-0.2, 0) is 9.53 Å². The zero-order valence-electron chi connectivity index (χ0n) is 6.30. The Morgan fingerprint density at radius 3 is 3.00 bits per heavy atom. The Kier molecular flexibility index (Phi) is 3.15. The van der Waals surface area contributed by atoms with Crippen LogP contribution in [0.15, 0.2) is 0 Å². The monoisotopic (exact) mass is 133 g/mol. The van der Waals surface area contributed by atoms with Gasteiger partial charge in [-0.15, -0.1) is 0 Å². The Morgan fingerprint density at radius 1 is 1.44 bits per heavy atom. The summed E-state index contributed by atoms with van der Waals surface area (Å²) in [5.74, 6) is -0.0255. The molecule has 1 aliphatic rings. The van der Waals surface area contributed by atoms with Gasteiger partial charge in [0, 0.05) is 6.42 Å². The van der Waals surface area contributed by atoms with Crippen molar-refractivity contribution in [1.29, 1.82) is 0 Å². The average molecular weight is 133 g/mol. The Labute approximate surface area is 55.8 Å². The topological polar surface area (TPSA) is 57.8 Å². The van der Waals surface area contributed by atoms with Crippen LogP contribution in [0.4, 0.5) is 0 Å². The molecule has 0 aromatic rings. The van der Waals surface area contributed by atoms with Crippen molar-refractivity contribution >= 4 is 5.97 Å². The Hall–Kier alpha value is -0.570. The maximum atomic E-state index is 10.5. The van der Waals surface area contributed by atoms with E-state index in [-0.39, 0.29) is 5.97 Å². The fraction of sp³-hybridized carbons (Fsp3) is 0.833. The van der Waals surface area contributed by atoms with Crippen LogP contribution in [0.1, 0.15) is 27.1 Å². The third kappa shape index (κ3) is 3.08. The standard InChI is InChI=1S/C6H10O2.H2O/c7-6-4-2-1-3-5-8-6;/h1-5H2;1H2/i/hD. The summed E-state index contributed by atoms with van der Waals surface area (Å²) in [6.07, 6.45) is 3.83. The molecule has 1 rings (SSSR count). The van der Waals surface area contributed by atoms with Crippen molar-refractivity contribution in [3.8, 4) is 0 Å². The summed E-state index contributed by atoms with van der Waals surface area (Å²) in [5, 5.41) is 0. The summed E-state index contributed by atoms with van der Waals surface area (Å²) in [5.41, 5.74) is 6.25. The van der Waals surface area contributed by atoms with Gasteiger partial charge >= 0.3 is 5.97 Å². The lowest BCUT2D eigenvalue weighted by Crippen LogP contribution is -2.00. The normalized spacial score (nSPS) is 20.1. The van der Waals surface area contributed by atoms with Gasteiger partial charge in [0.25, 0.3) is 0 Å². The first-order valence-corrected chi connectivity index (χ1v) is 3.05. The first-order valence-electron chi connectivity index (χ1n) is 3.50. The van der Waals surface area contributed by atoms with Crippen molar-refractivity contribution in [3.05, 3.63) is 0 Å². The number of cyclic esters (lactones) is 1. The van der Waals surface area contributed by atoms with Crippen LogP contribution >= 0.6 is 0 Å². The van der Waals surface area contributed by atoms with Crippen molar-refractivity contribution in [2.75, 3.05) is 6.61 Å². The molecule has 1 aliphatic heterocycles. The van der Waals surface area contributed by atoms with Gasteiger partial charge in [0.05, 0.1) is 6.61 Å². The zero-order chi connectivity index (χ0) is 7.82. The molecule has 1 fully saturated rings. The van der Waals surface area contributed by atoms with E-state index in [4.69, 9.17) is 11.6 Å². The van der Waals surface area contributed by atoms with Crippen LogP contribution in [0.2, 0.25) is 0 Å². The Morgan fingerprint density at radius 2 is 2.22 bits per heavy atom.